The molecule has 1 aliphatic rings. The predicted molar refractivity (Wildman–Crippen MR) is 109 cm³/mol. The van der Waals surface area contributed by atoms with Gasteiger partial charge >= 0.3 is 0 Å². The Morgan fingerprint density at radius 3 is 2.38 bits per heavy atom. The van der Waals surface area contributed by atoms with E-state index in [2.05, 4.69) is 21.2 Å². The van der Waals surface area contributed by atoms with Gasteiger partial charge in [-0.2, -0.15) is 4.31 Å². The number of halogens is 3. The van der Waals surface area contributed by atoms with Gasteiger partial charge in [-0.1, -0.05) is 6.07 Å². The molecule has 1 N–H and O–H groups in total. The van der Waals surface area contributed by atoms with Crippen LogP contribution in [-0.4, -0.2) is 38.3 Å². The van der Waals surface area contributed by atoms with Crippen LogP contribution >= 0.6 is 15.9 Å². The van der Waals surface area contributed by atoms with E-state index in [9.17, 15) is 22.0 Å². The van der Waals surface area contributed by atoms with E-state index >= 15 is 0 Å². The molecule has 3 rings (SSSR count). The number of carbonyl (C=O) groups excluding carboxylic acids is 1. The van der Waals surface area contributed by atoms with E-state index in [1.165, 1.54) is 22.5 Å². The average Bonchev–Trinajstić information content (AvgIpc) is 2.71. The van der Waals surface area contributed by atoms with Gasteiger partial charge in [0.25, 0.3) is 0 Å². The van der Waals surface area contributed by atoms with Gasteiger partial charge in [-0.3, -0.25) is 4.79 Å². The zero-order chi connectivity index (χ0) is 21.0. The Labute approximate surface area is 177 Å². The summed E-state index contributed by atoms with van der Waals surface area (Å²) < 4.78 is 53.3. The van der Waals surface area contributed by atoms with Gasteiger partial charge in [0.2, 0.25) is 15.9 Å². The zero-order valence-electron chi connectivity index (χ0n) is 15.6. The van der Waals surface area contributed by atoms with Gasteiger partial charge in [-0.15, -0.1) is 0 Å². The summed E-state index contributed by atoms with van der Waals surface area (Å²) in [6.45, 7) is 0.899. The molecule has 0 aliphatic carbocycles. The molecule has 0 radical (unpaired) electrons. The first kappa shape index (κ1) is 21.9. The Morgan fingerprint density at radius 1 is 1.10 bits per heavy atom. The van der Waals surface area contributed by atoms with E-state index in [4.69, 9.17) is 0 Å². The number of benzene rings is 2. The molecule has 1 fully saturated rings. The minimum absolute atomic E-state index is 0.0484. The zero-order valence-corrected chi connectivity index (χ0v) is 18.0. The van der Waals surface area contributed by atoms with Crippen molar-refractivity contribution in [3.63, 3.8) is 0 Å². The number of hydrogen-bond donors (Lipinski definition) is 1. The lowest BCUT2D eigenvalue weighted by molar-refractivity contribution is -0.126. The highest BCUT2D eigenvalue weighted by Gasteiger charge is 2.31. The lowest BCUT2D eigenvalue weighted by Crippen LogP contribution is -2.43. The normalized spacial score (nSPS) is 16.0. The molecule has 29 heavy (non-hydrogen) atoms. The number of piperidine rings is 1. The fourth-order valence-electron chi connectivity index (χ4n) is 3.28. The maximum atomic E-state index is 13.3. The molecule has 0 saturated carbocycles. The first-order chi connectivity index (χ1) is 13.8. The number of rotatable bonds is 6. The van der Waals surface area contributed by atoms with Crippen LogP contribution in [0.4, 0.5) is 8.78 Å². The molecule has 2 aromatic carbocycles. The van der Waals surface area contributed by atoms with Crippen molar-refractivity contribution in [1.82, 2.24) is 9.62 Å². The number of carbonyl (C=O) groups is 1. The summed E-state index contributed by atoms with van der Waals surface area (Å²) in [5.41, 5.74) is 0.902. The van der Waals surface area contributed by atoms with Crippen LogP contribution in [0.3, 0.4) is 0 Å². The fourth-order valence-corrected chi connectivity index (χ4v) is 5.18. The second kappa shape index (κ2) is 9.32. The van der Waals surface area contributed by atoms with Crippen molar-refractivity contribution in [2.75, 3.05) is 19.6 Å². The van der Waals surface area contributed by atoms with Gasteiger partial charge in [-0.25, -0.2) is 17.2 Å². The molecule has 0 atom stereocenters. The molecule has 1 aliphatic heterocycles. The Morgan fingerprint density at radius 2 is 1.76 bits per heavy atom. The number of hydrogen-bond acceptors (Lipinski definition) is 3. The maximum Gasteiger partial charge on any atom is 0.243 e. The van der Waals surface area contributed by atoms with Gasteiger partial charge in [0.05, 0.1) is 9.37 Å². The highest BCUT2D eigenvalue weighted by Crippen LogP contribution is 2.24. The summed E-state index contributed by atoms with van der Waals surface area (Å²) in [5.74, 6) is -1.19. The van der Waals surface area contributed by atoms with E-state index in [1.807, 2.05) is 0 Å². The Balaban J connectivity index is 1.49. The third kappa shape index (κ3) is 5.40. The number of nitrogens with zero attached hydrogens (tertiary/aromatic N) is 1. The molecule has 0 aromatic heterocycles. The highest BCUT2D eigenvalue weighted by atomic mass is 79.9. The minimum atomic E-state index is -3.69. The molecule has 156 valence electrons. The third-order valence-electron chi connectivity index (χ3n) is 4.97. The largest absolute Gasteiger partial charge is 0.356 e. The van der Waals surface area contributed by atoms with Crippen molar-refractivity contribution in [3.05, 3.63) is 64.1 Å². The summed E-state index contributed by atoms with van der Waals surface area (Å²) in [4.78, 5) is 12.4. The van der Waals surface area contributed by atoms with E-state index < -0.39 is 15.8 Å². The van der Waals surface area contributed by atoms with Crippen molar-refractivity contribution in [3.8, 4) is 0 Å². The molecule has 0 bridgehead atoms. The first-order valence-corrected chi connectivity index (χ1v) is 11.5. The Hall–Kier alpha value is -1.84. The van der Waals surface area contributed by atoms with Gasteiger partial charge in [0.1, 0.15) is 11.6 Å². The lowest BCUT2D eigenvalue weighted by Gasteiger charge is -2.30. The monoisotopic (exact) mass is 486 g/mol. The summed E-state index contributed by atoms with van der Waals surface area (Å²) in [5, 5.41) is 2.87. The van der Waals surface area contributed by atoms with Crippen LogP contribution in [-0.2, 0) is 21.2 Å². The van der Waals surface area contributed by atoms with E-state index in [1.54, 1.807) is 12.1 Å². The van der Waals surface area contributed by atoms with Gasteiger partial charge in [-0.05, 0) is 77.2 Å². The van der Waals surface area contributed by atoms with E-state index in [0.29, 0.717) is 30.3 Å². The van der Waals surface area contributed by atoms with Crippen molar-refractivity contribution >= 4 is 31.9 Å². The summed E-state index contributed by atoms with van der Waals surface area (Å²) >= 11 is 3.14. The van der Waals surface area contributed by atoms with Crippen LogP contribution in [0.2, 0.25) is 0 Å². The second-order valence-electron chi connectivity index (χ2n) is 6.92. The van der Waals surface area contributed by atoms with Crippen LogP contribution in [0.5, 0.6) is 0 Å². The van der Waals surface area contributed by atoms with E-state index in [-0.39, 0.29) is 35.6 Å². The molecule has 1 heterocycles. The molecular weight excluding hydrogens is 466 g/mol. The third-order valence-corrected chi connectivity index (χ3v) is 7.49. The molecule has 9 heteroatoms. The average molecular weight is 487 g/mol. The summed E-state index contributed by atoms with van der Waals surface area (Å²) in [7, 11) is -3.69. The summed E-state index contributed by atoms with van der Waals surface area (Å²) in [6.07, 6.45) is 1.42. The molecule has 0 spiro atoms. The van der Waals surface area contributed by atoms with Crippen LogP contribution in [0.25, 0.3) is 0 Å². The molecular formula is C20H21BrF2N2O3S. The van der Waals surface area contributed by atoms with Crippen molar-refractivity contribution in [2.45, 2.75) is 24.2 Å². The smallest absolute Gasteiger partial charge is 0.243 e. The molecule has 5 nitrogen and oxygen atoms in total. The van der Waals surface area contributed by atoms with Gasteiger partial charge in [0, 0.05) is 25.6 Å². The predicted octanol–water partition coefficient (Wildman–Crippen LogP) is 3.49. The van der Waals surface area contributed by atoms with Crippen molar-refractivity contribution < 1.29 is 22.0 Å². The Kier molecular flexibility index (Phi) is 7.02. The van der Waals surface area contributed by atoms with Gasteiger partial charge in [0.15, 0.2) is 0 Å². The standard InChI is InChI=1S/C20H21BrF2N2O3S/c21-18-13-14(1-6-19(18)23)7-10-24-20(26)15-8-11-25(12-9-15)29(27,28)17-4-2-16(22)3-5-17/h1-6,13,15H,7-12H2,(H,24,26). The Bertz CT molecular complexity index is 976. The highest BCUT2D eigenvalue weighted by molar-refractivity contribution is 9.10. The van der Waals surface area contributed by atoms with Crippen LogP contribution in [0.1, 0.15) is 18.4 Å². The molecule has 2 aromatic rings. The number of nitrogens with one attached hydrogen (secondary N) is 1. The van der Waals surface area contributed by atoms with Crippen LogP contribution in [0, 0.1) is 17.6 Å². The lowest BCUT2D eigenvalue weighted by atomic mass is 9.97. The topological polar surface area (TPSA) is 66.5 Å². The number of sulfonamides is 1. The number of amides is 1. The SMILES string of the molecule is O=C(NCCc1ccc(F)c(Br)c1)C1CCN(S(=O)(=O)c2ccc(F)cc2)CC1. The van der Waals surface area contributed by atoms with Gasteiger partial charge < -0.3 is 5.32 Å². The fraction of sp³-hybridized carbons (Fsp3) is 0.350. The van der Waals surface area contributed by atoms with Crippen LogP contribution < -0.4 is 5.32 Å². The van der Waals surface area contributed by atoms with E-state index in [0.717, 1.165) is 17.7 Å². The minimum Gasteiger partial charge on any atom is -0.356 e. The quantitative estimate of drug-likeness (QED) is 0.679. The maximum absolute atomic E-state index is 13.3. The molecule has 1 saturated heterocycles. The first-order valence-electron chi connectivity index (χ1n) is 9.25. The van der Waals surface area contributed by atoms with Crippen molar-refractivity contribution in [2.24, 2.45) is 5.92 Å². The summed E-state index contributed by atoms with van der Waals surface area (Å²) in [6, 6.07) is 9.46. The molecule has 0 unspecified atom stereocenters. The second-order valence-corrected chi connectivity index (χ2v) is 9.71. The molecule has 1 amide bonds. The van der Waals surface area contributed by atoms with Crippen molar-refractivity contribution in [1.29, 1.82) is 0 Å². The van der Waals surface area contributed by atoms with Crippen LogP contribution in [0.15, 0.2) is 51.8 Å².